The molecule has 2 rings (SSSR count). The molecule has 0 atom stereocenters. The van der Waals surface area contributed by atoms with Crippen LogP contribution in [-0.2, 0) is 11.2 Å². The molecule has 2 aromatic rings. The van der Waals surface area contributed by atoms with Gasteiger partial charge in [-0.2, -0.15) is 26.3 Å². The predicted octanol–water partition coefficient (Wildman–Crippen LogP) is 6.63. The number of benzene rings is 2. The minimum Gasteiger partial charge on any atom is -0.455 e. The van der Waals surface area contributed by atoms with Gasteiger partial charge in [0.1, 0.15) is 0 Å². The van der Waals surface area contributed by atoms with Crippen molar-refractivity contribution in [3.63, 3.8) is 0 Å². The van der Waals surface area contributed by atoms with E-state index < -0.39 is 36.8 Å². The van der Waals surface area contributed by atoms with E-state index in [9.17, 15) is 39.9 Å². The van der Waals surface area contributed by atoms with Gasteiger partial charge in [-0.25, -0.2) is 13.6 Å². The maximum Gasteiger partial charge on any atom is 0.381 e. The van der Waals surface area contributed by atoms with Crippen LogP contribution in [0.1, 0.15) is 29.3 Å². The van der Waals surface area contributed by atoms with Crippen molar-refractivity contribution in [3.8, 4) is 11.1 Å². The van der Waals surface area contributed by atoms with Gasteiger partial charge in [0.25, 0.3) is 0 Å². The Morgan fingerprint density at radius 1 is 0.871 bits per heavy atom. The van der Waals surface area contributed by atoms with Crippen molar-refractivity contribution in [1.29, 1.82) is 0 Å². The van der Waals surface area contributed by atoms with Crippen LogP contribution in [0.15, 0.2) is 48.5 Å². The summed E-state index contributed by atoms with van der Waals surface area (Å²) >= 11 is 0. The standard InChI is InChI=1S/C21H18F8O2/c1-2-3-13-4-6-14(7-5-13)15-8-10-16(11-9-15)17(30)31-12-19(24,25)21(28,29)20(26,27)18(22)23/h4-11,18H,2-3,12H2,1H3. The predicted molar refractivity (Wildman–Crippen MR) is 97.0 cm³/mol. The first-order chi connectivity index (χ1) is 14.3. The van der Waals surface area contributed by atoms with E-state index >= 15 is 0 Å². The number of esters is 1. The molecule has 0 radical (unpaired) electrons. The first-order valence-electron chi connectivity index (χ1n) is 9.11. The van der Waals surface area contributed by atoms with Gasteiger partial charge in [0.05, 0.1) is 5.56 Å². The number of carbonyl (C=O) groups is 1. The smallest absolute Gasteiger partial charge is 0.381 e. The van der Waals surface area contributed by atoms with Crippen molar-refractivity contribution in [2.75, 3.05) is 6.61 Å². The molecule has 0 spiro atoms. The molecular weight excluding hydrogens is 436 g/mol. The van der Waals surface area contributed by atoms with Crippen LogP contribution in [0.3, 0.4) is 0 Å². The van der Waals surface area contributed by atoms with Crippen LogP contribution in [0.5, 0.6) is 0 Å². The largest absolute Gasteiger partial charge is 0.455 e. The van der Waals surface area contributed by atoms with Crippen LogP contribution in [0, 0.1) is 0 Å². The number of ether oxygens (including phenoxy) is 1. The summed E-state index contributed by atoms with van der Waals surface area (Å²) in [6.07, 6.45) is -3.16. The molecule has 0 heterocycles. The third-order valence-corrected chi connectivity index (χ3v) is 4.48. The number of hydrogen-bond donors (Lipinski definition) is 0. The molecule has 0 fully saturated rings. The number of alkyl halides is 8. The van der Waals surface area contributed by atoms with E-state index in [4.69, 9.17) is 0 Å². The van der Waals surface area contributed by atoms with Crippen molar-refractivity contribution in [3.05, 3.63) is 59.7 Å². The normalized spacial score (nSPS) is 12.8. The second-order valence-electron chi connectivity index (χ2n) is 6.80. The fourth-order valence-corrected chi connectivity index (χ4v) is 2.66. The van der Waals surface area contributed by atoms with E-state index in [2.05, 4.69) is 4.74 Å². The zero-order valence-electron chi connectivity index (χ0n) is 16.2. The maximum atomic E-state index is 13.5. The fourth-order valence-electron chi connectivity index (χ4n) is 2.66. The third-order valence-electron chi connectivity index (χ3n) is 4.48. The zero-order valence-corrected chi connectivity index (χ0v) is 16.2. The minimum absolute atomic E-state index is 0.314. The number of aryl methyl sites for hydroxylation is 1. The first-order valence-corrected chi connectivity index (χ1v) is 9.11. The lowest BCUT2D eigenvalue weighted by molar-refractivity contribution is -0.343. The lowest BCUT2D eigenvalue weighted by Gasteiger charge is -2.31. The van der Waals surface area contributed by atoms with E-state index in [0.717, 1.165) is 24.0 Å². The van der Waals surface area contributed by atoms with E-state index in [0.29, 0.717) is 5.56 Å². The Morgan fingerprint density at radius 2 is 1.35 bits per heavy atom. The average Bonchev–Trinajstić information content (AvgIpc) is 2.72. The molecule has 0 unspecified atom stereocenters. The van der Waals surface area contributed by atoms with Gasteiger partial charge < -0.3 is 4.74 Å². The summed E-state index contributed by atoms with van der Waals surface area (Å²) in [6.45, 7) is -0.463. The van der Waals surface area contributed by atoms with Gasteiger partial charge in [-0.3, -0.25) is 0 Å². The van der Waals surface area contributed by atoms with Gasteiger partial charge in [-0.1, -0.05) is 49.7 Å². The molecule has 0 aliphatic carbocycles. The number of hydrogen-bond acceptors (Lipinski definition) is 2. The molecular formula is C21H18F8O2. The Hall–Kier alpha value is -2.65. The van der Waals surface area contributed by atoms with Gasteiger partial charge in [0, 0.05) is 0 Å². The highest BCUT2D eigenvalue weighted by Gasteiger charge is 2.75. The Morgan fingerprint density at radius 3 is 1.81 bits per heavy atom. The SMILES string of the molecule is CCCc1ccc(-c2ccc(C(=O)OCC(F)(F)C(F)(F)C(F)(F)C(F)F)cc2)cc1. The van der Waals surface area contributed by atoms with Crippen molar-refractivity contribution in [1.82, 2.24) is 0 Å². The quantitative estimate of drug-likeness (QED) is 0.314. The van der Waals surface area contributed by atoms with Crippen LogP contribution in [0.4, 0.5) is 35.1 Å². The van der Waals surface area contributed by atoms with Gasteiger partial charge in [0.2, 0.25) is 0 Å². The zero-order chi connectivity index (χ0) is 23.4. The van der Waals surface area contributed by atoms with Gasteiger partial charge >= 0.3 is 30.2 Å². The molecule has 0 aliphatic heterocycles. The molecule has 0 aromatic heterocycles. The fraction of sp³-hybridized carbons (Fsp3) is 0.381. The number of carbonyl (C=O) groups excluding carboxylic acids is 1. The molecule has 0 aliphatic rings. The third kappa shape index (κ3) is 5.16. The van der Waals surface area contributed by atoms with E-state index in [1.165, 1.54) is 24.3 Å². The maximum absolute atomic E-state index is 13.5. The number of rotatable bonds is 9. The molecule has 0 N–H and O–H groups in total. The van der Waals surface area contributed by atoms with Crippen LogP contribution in [-0.4, -0.2) is 36.8 Å². The summed E-state index contributed by atoms with van der Waals surface area (Å²) in [5.41, 5.74) is 2.26. The molecule has 2 aromatic carbocycles. The molecule has 0 saturated heterocycles. The summed E-state index contributed by atoms with van der Waals surface area (Å²) in [6, 6.07) is 12.7. The first kappa shape index (κ1) is 24.6. The van der Waals surface area contributed by atoms with E-state index in [1.807, 2.05) is 31.2 Å². The van der Waals surface area contributed by atoms with Crippen molar-refractivity contribution < 1.29 is 44.7 Å². The van der Waals surface area contributed by atoms with Crippen molar-refractivity contribution in [2.24, 2.45) is 0 Å². The molecule has 31 heavy (non-hydrogen) atoms. The topological polar surface area (TPSA) is 26.3 Å². The van der Waals surface area contributed by atoms with Crippen molar-refractivity contribution in [2.45, 2.75) is 44.0 Å². The highest BCUT2D eigenvalue weighted by molar-refractivity contribution is 5.90. The van der Waals surface area contributed by atoms with E-state index in [-0.39, 0.29) is 5.56 Å². The number of halogens is 8. The lowest BCUT2D eigenvalue weighted by Crippen LogP contribution is -2.59. The summed E-state index contributed by atoms with van der Waals surface area (Å²) in [4.78, 5) is 11.8. The van der Waals surface area contributed by atoms with Crippen LogP contribution in [0.2, 0.25) is 0 Å². The van der Waals surface area contributed by atoms with Crippen molar-refractivity contribution >= 4 is 5.97 Å². The molecule has 0 saturated carbocycles. The second-order valence-corrected chi connectivity index (χ2v) is 6.80. The lowest BCUT2D eigenvalue weighted by atomic mass is 10.0. The highest BCUT2D eigenvalue weighted by atomic mass is 19.4. The van der Waals surface area contributed by atoms with Crippen LogP contribution in [0.25, 0.3) is 11.1 Å². The average molecular weight is 454 g/mol. The Bertz CT molecular complexity index is 877. The molecule has 170 valence electrons. The Labute approximate surface area is 172 Å². The molecule has 0 bridgehead atoms. The monoisotopic (exact) mass is 454 g/mol. The van der Waals surface area contributed by atoms with Gasteiger partial charge in [-0.15, -0.1) is 0 Å². The summed E-state index contributed by atoms with van der Waals surface area (Å²) in [5, 5.41) is 0. The highest BCUT2D eigenvalue weighted by Crippen LogP contribution is 2.48. The minimum atomic E-state index is -6.43. The van der Waals surface area contributed by atoms with E-state index in [1.54, 1.807) is 0 Å². The molecule has 2 nitrogen and oxygen atoms in total. The summed E-state index contributed by atoms with van der Waals surface area (Å²) < 4.78 is 107. The molecule has 10 heteroatoms. The Balaban J connectivity index is 2.07. The molecule has 0 amide bonds. The van der Waals surface area contributed by atoms with Gasteiger partial charge in [0.15, 0.2) is 6.61 Å². The van der Waals surface area contributed by atoms with Gasteiger partial charge in [-0.05, 0) is 35.2 Å². The summed E-state index contributed by atoms with van der Waals surface area (Å²) in [7, 11) is 0. The second kappa shape index (κ2) is 9.23. The summed E-state index contributed by atoms with van der Waals surface area (Å²) in [5.74, 6) is -20.0. The van der Waals surface area contributed by atoms with Crippen LogP contribution >= 0.6 is 0 Å². The van der Waals surface area contributed by atoms with Crippen LogP contribution < -0.4 is 0 Å². The Kier molecular flexibility index (Phi) is 7.33.